The molecule has 0 fully saturated rings. The second-order valence-electron chi connectivity index (χ2n) is 12.2. The third kappa shape index (κ3) is 8.10. The molecule has 1 aromatic rings. The second-order valence-corrected chi connectivity index (χ2v) is 13.2. The maximum atomic E-state index is 14.1. The summed E-state index contributed by atoms with van der Waals surface area (Å²) >= 11 is 6.74. The van der Waals surface area contributed by atoms with Gasteiger partial charge >= 0.3 is 93.7 Å². The largest absolute Gasteiger partial charge is 0.393 e. The van der Waals surface area contributed by atoms with Gasteiger partial charge in [-0.05, 0) is 34.3 Å². The van der Waals surface area contributed by atoms with Gasteiger partial charge in [-0.2, -0.15) is 140 Å². The Morgan fingerprint density at radius 3 is 0.641 bits per heavy atom. The number of hydrogen-bond acceptors (Lipinski definition) is 2. The van der Waals surface area contributed by atoms with E-state index in [4.69, 9.17) is 0 Å². The van der Waals surface area contributed by atoms with E-state index in [1.165, 1.54) is 0 Å². The molecule has 0 saturated carbocycles. The molecule has 0 aliphatic rings. The van der Waals surface area contributed by atoms with Gasteiger partial charge in [0.1, 0.15) is 0 Å². The van der Waals surface area contributed by atoms with E-state index in [2.05, 4.69) is 23.2 Å². The average Bonchev–Trinajstić information content (AvgIpc) is 3.10. The molecule has 1 aromatic carbocycles. The Kier molecular flexibility index (Phi) is 14.7. The lowest BCUT2D eigenvalue weighted by Crippen LogP contribution is -2.75. The molecule has 0 aliphatic carbocycles. The van der Waals surface area contributed by atoms with Crippen molar-refractivity contribution in [1.82, 2.24) is 10.6 Å². The van der Waals surface area contributed by atoms with E-state index >= 15 is 0 Å². The molecule has 2 amide bonds. The summed E-state index contributed by atoms with van der Waals surface area (Å²) in [4.78, 5) is 23.2. The highest BCUT2D eigenvalue weighted by atomic mass is 35.5. The second kappa shape index (κ2) is 16.1. The monoisotopic (exact) mass is 1060 g/mol. The van der Waals surface area contributed by atoms with Gasteiger partial charge in [0.2, 0.25) is 0 Å². The van der Waals surface area contributed by atoms with Crippen LogP contribution in [0.3, 0.4) is 0 Å². The van der Waals surface area contributed by atoms with Crippen LogP contribution in [0.1, 0.15) is 11.1 Å². The van der Waals surface area contributed by atoms with Crippen molar-refractivity contribution in [1.29, 1.82) is 0 Å². The molecule has 0 unspecified atom stereocenters. The van der Waals surface area contributed by atoms with Gasteiger partial charge in [0.05, 0.1) is 0 Å². The van der Waals surface area contributed by atoms with Gasteiger partial charge in [-0.1, -0.05) is 24.3 Å². The Balaban J connectivity index is 3.31. The number of amides is 2. The van der Waals surface area contributed by atoms with Crippen LogP contribution in [0.25, 0.3) is 0 Å². The van der Waals surface area contributed by atoms with Gasteiger partial charge in [0, 0.05) is 13.1 Å². The number of alkyl halides is 34. The molecule has 0 aromatic heterocycles. The predicted octanol–water partition coefficient (Wildman–Crippen LogP) is 11.5. The third-order valence-electron chi connectivity index (χ3n) is 7.94. The van der Waals surface area contributed by atoms with Crippen molar-refractivity contribution < 1.29 is 150 Å². The maximum Gasteiger partial charge on any atom is 0.393 e. The Morgan fingerprint density at radius 2 is 0.469 bits per heavy atom. The number of benzene rings is 1. The maximum absolute atomic E-state index is 14.1. The summed E-state index contributed by atoms with van der Waals surface area (Å²) in [5.41, 5.74) is -1.91. The van der Waals surface area contributed by atoms with E-state index < -0.39 is 130 Å². The smallest absolute Gasteiger partial charge is 0.347 e. The highest BCUT2D eigenvalue weighted by Crippen LogP contribution is 2.66. The van der Waals surface area contributed by atoms with Crippen molar-refractivity contribution in [2.24, 2.45) is 0 Å². The quantitative estimate of drug-likeness (QED) is 0.101. The summed E-state index contributed by atoms with van der Waals surface area (Å²) in [7, 11) is 0. The number of nitrogens with one attached hydrogen (secondary N) is 2. The molecule has 0 atom stereocenters. The zero-order valence-electron chi connectivity index (χ0n) is 28.4. The molecule has 0 spiro atoms. The molecule has 0 heterocycles. The first kappa shape index (κ1) is 58.5. The lowest BCUT2D eigenvalue weighted by Gasteiger charge is -2.42. The summed E-state index contributed by atoms with van der Waals surface area (Å²) in [6.07, 6.45) is 0. The van der Waals surface area contributed by atoms with Crippen LogP contribution in [0.2, 0.25) is 0 Å². The van der Waals surface area contributed by atoms with Crippen LogP contribution in [0.4, 0.5) is 140 Å². The topological polar surface area (TPSA) is 58.2 Å². The van der Waals surface area contributed by atoms with Crippen LogP contribution in [-0.2, 0) is 22.7 Å². The molecular weight excluding hydrogens is 1050 g/mol. The summed E-state index contributed by atoms with van der Waals surface area (Å²) in [5.74, 6) is -126. The Morgan fingerprint density at radius 1 is 0.312 bits per heavy atom. The number of hydrogen-bond donors (Lipinski definition) is 2. The van der Waals surface area contributed by atoms with Crippen LogP contribution in [0.5, 0.6) is 0 Å². The fourth-order valence-corrected chi connectivity index (χ4v) is 4.21. The van der Waals surface area contributed by atoms with Crippen molar-refractivity contribution in [2.45, 2.75) is 107 Å². The first-order valence-electron chi connectivity index (χ1n) is 14.6. The van der Waals surface area contributed by atoms with Crippen molar-refractivity contribution in [3.8, 4) is 0 Å². The SMILES string of the molecule is O=C(NCc1ccc(CNC(=O)C(F)(F)C(F)(F)C(F)(F)C(F)(F)C(F)(F)C(F)(F)C(F)(F)C(F)(F)Cl)cc1)C(F)(F)C(F)(F)C(F)(F)C(F)(F)C(F)(F)C(F)(F)C(F)(F)C(F)(F)Cl. The molecule has 2 N–H and O–H groups in total. The average molecular weight is 1060 g/mol. The van der Waals surface area contributed by atoms with E-state index in [9.17, 15) is 150 Å². The molecule has 0 aliphatic heterocycles. The highest BCUT2D eigenvalue weighted by molar-refractivity contribution is 6.22. The van der Waals surface area contributed by atoms with Crippen LogP contribution >= 0.6 is 23.2 Å². The Hall–Kier alpha value is -3.50. The van der Waals surface area contributed by atoms with Gasteiger partial charge in [-0.15, -0.1) is 0 Å². The normalized spacial score (nSPS) is 15.9. The number of carbonyl (C=O) groups excluding carboxylic acids is 2. The minimum Gasteiger partial charge on any atom is -0.347 e. The van der Waals surface area contributed by atoms with Crippen molar-refractivity contribution in [3.63, 3.8) is 0 Å². The van der Waals surface area contributed by atoms with Gasteiger partial charge in [0.15, 0.2) is 0 Å². The summed E-state index contributed by atoms with van der Waals surface area (Å²) in [6, 6.07) is 0.889. The molecule has 0 bridgehead atoms. The standard InChI is InChI=1S/C26H10Cl2F32N2O2/c27-25(57,58)23(53,54)21(49,50)19(45,46)17(41,42)15(37,38)13(33,34)11(29,30)9(63)61-5-7-1-2-8(4-3-7)6-62-10(64)12(31,32)14(35,36)16(39,40)18(43,44)20(47,48)22(51,52)24(55,56)26(28,59)60/h1-4H,5-6H2,(H,61,63)(H,62,64). The zero-order valence-corrected chi connectivity index (χ0v) is 29.9. The fourth-order valence-electron chi connectivity index (χ4n) is 3.97. The van der Waals surface area contributed by atoms with Crippen LogP contribution in [-0.4, -0.2) is 105 Å². The van der Waals surface area contributed by atoms with Gasteiger partial charge in [-0.3, -0.25) is 9.59 Å². The van der Waals surface area contributed by atoms with Gasteiger partial charge in [0.25, 0.3) is 11.8 Å². The van der Waals surface area contributed by atoms with E-state index in [0.29, 0.717) is 10.6 Å². The first-order chi connectivity index (χ1) is 27.5. The van der Waals surface area contributed by atoms with Gasteiger partial charge in [-0.25, -0.2) is 0 Å². The fraction of sp³-hybridized carbons (Fsp3) is 0.692. The molecule has 38 heteroatoms. The molecule has 0 radical (unpaired) electrons. The summed E-state index contributed by atoms with van der Waals surface area (Å²) in [5, 5.41) is -13.2. The van der Waals surface area contributed by atoms with Crippen LogP contribution in [0, 0.1) is 0 Å². The number of halogens is 34. The number of carbonyl (C=O) groups is 2. The predicted molar refractivity (Wildman–Crippen MR) is 141 cm³/mol. The summed E-state index contributed by atoms with van der Waals surface area (Å²) in [6.45, 7) is -3.70. The molecule has 4 nitrogen and oxygen atoms in total. The summed E-state index contributed by atoms with van der Waals surface area (Å²) < 4.78 is 435. The molecular formula is C26H10Cl2F32N2O2. The van der Waals surface area contributed by atoms with E-state index in [1.54, 1.807) is 0 Å². The van der Waals surface area contributed by atoms with Crippen LogP contribution < -0.4 is 10.6 Å². The van der Waals surface area contributed by atoms with Crippen molar-refractivity contribution >= 4 is 35.0 Å². The van der Waals surface area contributed by atoms with E-state index in [-0.39, 0.29) is 24.3 Å². The van der Waals surface area contributed by atoms with Crippen LogP contribution in [0.15, 0.2) is 24.3 Å². The lowest BCUT2D eigenvalue weighted by molar-refractivity contribution is -0.446. The van der Waals surface area contributed by atoms with E-state index in [0.717, 1.165) is 0 Å². The minimum absolute atomic E-state index is 0.222. The van der Waals surface area contributed by atoms with E-state index in [1.807, 2.05) is 0 Å². The molecule has 64 heavy (non-hydrogen) atoms. The minimum atomic E-state index is -8.95. The van der Waals surface area contributed by atoms with Crippen molar-refractivity contribution in [3.05, 3.63) is 35.4 Å². The van der Waals surface area contributed by atoms with Crippen molar-refractivity contribution in [2.75, 3.05) is 0 Å². The Bertz CT molecular complexity index is 1740. The highest BCUT2D eigenvalue weighted by Gasteiger charge is 2.97. The lowest BCUT2D eigenvalue weighted by atomic mass is 9.89. The molecule has 0 saturated heterocycles. The third-order valence-corrected chi connectivity index (χ3v) is 8.42. The first-order valence-corrected chi connectivity index (χ1v) is 15.3. The Labute approximate surface area is 338 Å². The zero-order chi connectivity index (χ0) is 52.0. The molecule has 1 rings (SSSR count). The van der Waals surface area contributed by atoms with Gasteiger partial charge < -0.3 is 10.6 Å². The number of rotatable bonds is 20. The molecule has 374 valence electrons.